The van der Waals surface area contributed by atoms with E-state index >= 15 is 0 Å². The number of amides is 1. The predicted molar refractivity (Wildman–Crippen MR) is 117 cm³/mol. The first kappa shape index (κ1) is 21.0. The van der Waals surface area contributed by atoms with Gasteiger partial charge < -0.3 is 15.0 Å². The lowest BCUT2D eigenvalue weighted by Gasteiger charge is -2.19. The van der Waals surface area contributed by atoms with Gasteiger partial charge >= 0.3 is 0 Å². The minimum absolute atomic E-state index is 0.0397. The van der Waals surface area contributed by atoms with Gasteiger partial charge in [-0.15, -0.1) is 0 Å². The Morgan fingerprint density at radius 3 is 2.21 bits per heavy atom. The second-order valence-corrected chi connectivity index (χ2v) is 10.1. The van der Waals surface area contributed by atoms with Crippen molar-refractivity contribution in [2.75, 3.05) is 5.32 Å². The number of benzene rings is 2. The average molecular weight is 429 g/mol. The standard InChI is InChI=1S/C21H23N3O3S2/c1-14(25)22-17-9-11-18(12-10-17)29(26,27)24-20-23-19(13-28-20)15-5-7-16(8-6-15)21(2,3)4/h5-13H,1-4H3,(H2,22,23,24,25)/p-1. The maximum atomic E-state index is 12.5. The van der Waals surface area contributed by atoms with Gasteiger partial charge in [-0.25, -0.2) is 8.42 Å². The Labute approximate surface area is 175 Å². The Morgan fingerprint density at radius 1 is 1.03 bits per heavy atom. The van der Waals surface area contributed by atoms with Crippen LogP contribution in [0.4, 0.5) is 10.8 Å². The molecule has 1 heterocycles. The molecule has 152 valence electrons. The Bertz CT molecular complexity index is 1110. The first-order valence-electron chi connectivity index (χ1n) is 8.97. The number of hydrogen-bond donors (Lipinski definition) is 1. The van der Waals surface area contributed by atoms with E-state index in [2.05, 4.69) is 47.9 Å². The van der Waals surface area contributed by atoms with Crippen LogP contribution in [0.1, 0.15) is 33.3 Å². The van der Waals surface area contributed by atoms with Crippen LogP contribution in [0.3, 0.4) is 0 Å². The number of carbonyl (C=O) groups excluding carboxylic acids is 1. The SMILES string of the molecule is CC(=O)Nc1ccc(S(=O)(=O)[N-]c2nc(-c3ccc(C(C)(C)C)cc3)cs2)cc1. The summed E-state index contributed by atoms with van der Waals surface area (Å²) in [6.45, 7) is 7.83. The van der Waals surface area contributed by atoms with E-state index in [9.17, 15) is 13.2 Å². The van der Waals surface area contributed by atoms with Crippen molar-refractivity contribution < 1.29 is 13.2 Å². The molecular weight excluding hydrogens is 406 g/mol. The third kappa shape index (κ3) is 5.21. The number of thiazole rings is 1. The summed E-state index contributed by atoms with van der Waals surface area (Å²) in [6.07, 6.45) is 0. The zero-order valence-corrected chi connectivity index (χ0v) is 18.3. The Hall–Kier alpha value is -2.71. The van der Waals surface area contributed by atoms with Crippen molar-refractivity contribution in [2.24, 2.45) is 0 Å². The summed E-state index contributed by atoms with van der Waals surface area (Å²) >= 11 is 1.17. The van der Waals surface area contributed by atoms with Crippen LogP contribution < -0.4 is 5.32 Å². The third-order valence-electron chi connectivity index (χ3n) is 4.21. The van der Waals surface area contributed by atoms with Crippen LogP contribution in [0.2, 0.25) is 0 Å². The Morgan fingerprint density at radius 2 is 1.66 bits per heavy atom. The Kier molecular flexibility index (Phi) is 5.77. The predicted octanol–water partition coefficient (Wildman–Crippen LogP) is 5.46. The van der Waals surface area contributed by atoms with Crippen LogP contribution in [-0.2, 0) is 20.2 Å². The quantitative estimate of drug-likeness (QED) is 0.584. The fraction of sp³-hybridized carbons (Fsp3) is 0.238. The summed E-state index contributed by atoms with van der Waals surface area (Å²) < 4.78 is 28.9. The number of nitrogens with one attached hydrogen (secondary N) is 1. The summed E-state index contributed by atoms with van der Waals surface area (Å²) in [7, 11) is -3.89. The van der Waals surface area contributed by atoms with E-state index in [0.29, 0.717) is 11.4 Å². The molecule has 0 unspecified atom stereocenters. The fourth-order valence-corrected chi connectivity index (χ4v) is 4.50. The molecule has 1 N–H and O–H groups in total. The highest BCUT2D eigenvalue weighted by Gasteiger charge is 2.14. The lowest BCUT2D eigenvalue weighted by atomic mass is 9.86. The molecule has 0 bridgehead atoms. The van der Waals surface area contributed by atoms with Gasteiger partial charge in [-0.1, -0.05) is 45.0 Å². The maximum absolute atomic E-state index is 12.5. The molecule has 3 aromatic rings. The molecule has 3 rings (SSSR count). The van der Waals surface area contributed by atoms with Crippen molar-refractivity contribution in [1.29, 1.82) is 0 Å². The van der Waals surface area contributed by atoms with Gasteiger partial charge in [0.25, 0.3) is 0 Å². The molecule has 0 saturated heterocycles. The minimum atomic E-state index is -3.89. The first-order valence-corrected chi connectivity index (χ1v) is 11.3. The average Bonchev–Trinajstić information content (AvgIpc) is 3.09. The van der Waals surface area contributed by atoms with E-state index in [-0.39, 0.29) is 21.3 Å². The second kappa shape index (κ2) is 7.96. The lowest BCUT2D eigenvalue weighted by molar-refractivity contribution is -0.114. The molecule has 1 aromatic heterocycles. The lowest BCUT2D eigenvalue weighted by Crippen LogP contribution is -2.10. The van der Waals surface area contributed by atoms with E-state index in [0.717, 1.165) is 5.56 Å². The monoisotopic (exact) mass is 428 g/mol. The number of rotatable bonds is 5. The van der Waals surface area contributed by atoms with Gasteiger partial charge in [0.2, 0.25) is 15.9 Å². The molecule has 0 aliphatic carbocycles. The van der Waals surface area contributed by atoms with Crippen LogP contribution >= 0.6 is 11.3 Å². The topological polar surface area (TPSA) is 90.2 Å². The molecule has 2 aromatic carbocycles. The number of sulfonamides is 1. The van der Waals surface area contributed by atoms with Crippen molar-refractivity contribution in [3.8, 4) is 11.3 Å². The summed E-state index contributed by atoms with van der Waals surface area (Å²) in [5.74, 6) is -0.226. The van der Waals surface area contributed by atoms with Crippen molar-refractivity contribution in [1.82, 2.24) is 4.98 Å². The van der Waals surface area contributed by atoms with E-state index in [4.69, 9.17) is 0 Å². The number of hydrogen-bond acceptors (Lipinski definition) is 5. The van der Waals surface area contributed by atoms with Gasteiger partial charge in [0, 0.05) is 17.7 Å². The van der Waals surface area contributed by atoms with Gasteiger partial charge in [-0.05, 0) is 51.9 Å². The first-order chi connectivity index (χ1) is 13.5. The minimum Gasteiger partial charge on any atom is -0.426 e. The maximum Gasteiger partial charge on any atom is 0.221 e. The van der Waals surface area contributed by atoms with Crippen LogP contribution in [0.5, 0.6) is 0 Å². The number of anilines is 1. The molecule has 0 spiro atoms. The second-order valence-electron chi connectivity index (χ2n) is 7.61. The molecule has 1 amide bonds. The van der Waals surface area contributed by atoms with Crippen LogP contribution in [-0.4, -0.2) is 19.3 Å². The van der Waals surface area contributed by atoms with Crippen molar-refractivity contribution >= 4 is 38.1 Å². The van der Waals surface area contributed by atoms with Crippen LogP contribution in [0.15, 0.2) is 58.8 Å². The number of carbonyl (C=O) groups is 1. The van der Waals surface area contributed by atoms with Crippen LogP contribution in [0.25, 0.3) is 16.0 Å². The molecule has 0 aliphatic rings. The van der Waals surface area contributed by atoms with Gasteiger partial charge in [0.15, 0.2) is 0 Å². The van der Waals surface area contributed by atoms with Crippen LogP contribution in [0, 0.1) is 0 Å². The summed E-state index contributed by atoms with van der Waals surface area (Å²) in [6, 6.07) is 13.9. The molecule has 0 radical (unpaired) electrons. The van der Waals surface area contributed by atoms with Crippen molar-refractivity contribution in [2.45, 2.75) is 38.0 Å². The van der Waals surface area contributed by atoms with Gasteiger partial charge in [0.1, 0.15) is 0 Å². The van der Waals surface area contributed by atoms with Crippen molar-refractivity contribution in [3.05, 3.63) is 64.2 Å². The highest BCUT2D eigenvalue weighted by molar-refractivity contribution is 7.94. The highest BCUT2D eigenvalue weighted by atomic mass is 32.2. The molecule has 6 nitrogen and oxygen atoms in total. The highest BCUT2D eigenvalue weighted by Crippen LogP contribution is 2.34. The molecule has 29 heavy (non-hydrogen) atoms. The molecule has 0 atom stereocenters. The summed E-state index contributed by atoms with van der Waals surface area (Å²) in [5, 5.41) is 4.56. The molecule has 8 heteroatoms. The molecule has 0 aliphatic heterocycles. The fourth-order valence-electron chi connectivity index (χ4n) is 2.65. The smallest absolute Gasteiger partial charge is 0.221 e. The van der Waals surface area contributed by atoms with Gasteiger partial charge in [0.05, 0.1) is 4.90 Å². The van der Waals surface area contributed by atoms with E-state index < -0.39 is 10.0 Å². The van der Waals surface area contributed by atoms with E-state index in [1.54, 1.807) is 5.38 Å². The summed E-state index contributed by atoms with van der Waals surface area (Å²) in [4.78, 5) is 15.5. The normalized spacial score (nSPS) is 11.9. The third-order valence-corrected chi connectivity index (χ3v) is 6.34. The number of nitrogens with zero attached hydrogens (tertiary/aromatic N) is 2. The van der Waals surface area contributed by atoms with Gasteiger partial charge in [-0.2, -0.15) is 11.3 Å². The zero-order valence-electron chi connectivity index (χ0n) is 16.6. The molecule has 0 saturated carbocycles. The Balaban J connectivity index is 1.76. The van der Waals surface area contributed by atoms with E-state index in [1.165, 1.54) is 48.1 Å². The van der Waals surface area contributed by atoms with Gasteiger partial charge in [-0.3, -0.25) is 4.79 Å². The summed E-state index contributed by atoms with van der Waals surface area (Å²) in [5.41, 5.74) is 3.39. The molecule has 0 fully saturated rings. The molecular formula is C21H22N3O3S2-. The zero-order chi connectivity index (χ0) is 21.2. The van der Waals surface area contributed by atoms with E-state index in [1.807, 2.05) is 12.1 Å². The van der Waals surface area contributed by atoms with Crippen molar-refractivity contribution in [3.63, 3.8) is 0 Å². The number of aromatic nitrogens is 1. The largest absolute Gasteiger partial charge is 0.426 e.